The molecule has 0 aromatic heterocycles. The number of nitrogens with one attached hydrogen (secondary N) is 1. The molecular formula is C9H22N2O3S. The van der Waals surface area contributed by atoms with E-state index >= 15 is 0 Å². The predicted octanol–water partition coefficient (Wildman–Crippen LogP) is 0.0713. The Morgan fingerprint density at radius 3 is 2.53 bits per heavy atom. The first-order chi connectivity index (χ1) is 7.12. The SMILES string of the molecule is CCCCOCCCNS(=O)(=O)CCN. The average Bonchev–Trinajstić information content (AvgIpc) is 2.16. The maximum absolute atomic E-state index is 11.1. The van der Waals surface area contributed by atoms with Crippen LogP contribution >= 0.6 is 0 Å². The third kappa shape index (κ3) is 10.1. The number of sulfonamides is 1. The van der Waals surface area contributed by atoms with E-state index in [1.54, 1.807) is 0 Å². The first kappa shape index (κ1) is 14.8. The number of ether oxygens (including phenoxy) is 1. The molecule has 0 fully saturated rings. The summed E-state index contributed by atoms with van der Waals surface area (Å²) in [7, 11) is -3.16. The maximum Gasteiger partial charge on any atom is 0.212 e. The Labute approximate surface area is 92.4 Å². The van der Waals surface area contributed by atoms with Crippen molar-refractivity contribution in [3.63, 3.8) is 0 Å². The van der Waals surface area contributed by atoms with Crippen molar-refractivity contribution in [3.05, 3.63) is 0 Å². The molecule has 0 unspecified atom stereocenters. The normalized spacial score (nSPS) is 11.9. The Morgan fingerprint density at radius 2 is 1.93 bits per heavy atom. The largest absolute Gasteiger partial charge is 0.381 e. The summed E-state index contributed by atoms with van der Waals surface area (Å²) in [6, 6.07) is 0. The lowest BCUT2D eigenvalue weighted by Gasteiger charge is -2.05. The van der Waals surface area contributed by atoms with Gasteiger partial charge in [0.25, 0.3) is 0 Å². The lowest BCUT2D eigenvalue weighted by Crippen LogP contribution is -2.31. The van der Waals surface area contributed by atoms with Crippen molar-refractivity contribution in [1.82, 2.24) is 4.72 Å². The zero-order valence-electron chi connectivity index (χ0n) is 9.37. The summed E-state index contributed by atoms with van der Waals surface area (Å²) < 4.78 is 30.0. The number of nitrogens with two attached hydrogens (primary N) is 1. The molecule has 3 N–H and O–H groups in total. The highest BCUT2D eigenvalue weighted by atomic mass is 32.2. The lowest BCUT2D eigenvalue weighted by atomic mass is 10.4. The molecule has 0 rings (SSSR count). The molecule has 0 heterocycles. The number of unbranched alkanes of at least 4 members (excludes halogenated alkanes) is 1. The molecular weight excluding hydrogens is 216 g/mol. The second-order valence-electron chi connectivity index (χ2n) is 3.32. The molecule has 0 aliphatic rings. The molecule has 0 saturated carbocycles. The van der Waals surface area contributed by atoms with E-state index in [1.165, 1.54) is 0 Å². The molecule has 0 aliphatic carbocycles. The van der Waals surface area contributed by atoms with E-state index in [0.717, 1.165) is 19.4 Å². The van der Waals surface area contributed by atoms with Gasteiger partial charge >= 0.3 is 0 Å². The van der Waals surface area contributed by atoms with E-state index in [9.17, 15) is 8.42 Å². The second-order valence-corrected chi connectivity index (χ2v) is 5.25. The number of rotatable bonds is 10. The fraction of sp³-hybridized carbons (Fsp3) is 1.00. The molecule has 0 atom stereocenters. The Balaban J connectivity index is 3.31. The molecule has 0 saturated heterocycles. The van der Waals surface area contributed by atoms with E-state index in [-0.39, 0.29) is 12.3 Å². The van der Waals surface area contributed by atoms with E-state index in [0.29, 0.717) is 19.6 Å². The fourth-order valence-corrected chi connectivity index (χ4v) is 1.89. The molecule has 6 heteroatoms. The molecule has 92 valence electrons. The van der Waals surface area contributed by atoms with E-state index in [1.807, 2.05) is 0 Å². The molecule has 0 spiro atoms. The molecule has 5 nitrogen and oxygen atoms in total. The van der Waals surface area contributed by atoms with Gasteiger partial charge in [0.15, 0.2) is 0 Å². The smallest absolute Gasteiger partial charge is 0.212 e. The molecule has 0 aromatic rings. The Kier molecular flexibility index (Phi) is 8.98. The van der Waals surface area contributed by atoms with Gasteiger partial charge in [-0.1, -0.05) is 13.3 Å². The number of hydrogen-bond acceptors (Lipinski definition) is 4. The zero-order chi connectivity index (χ0) is 11.6. The van der Waals surface area contributed by atoms with Crippen LogP contribution in [0.3, 0.4) is 0 Å². The summed E-state index contributed by atoms with van der Waals surface area (Å²) in [5.41, 5.74) is 5.16. The van der Waals surface area contributed by atoms with Crippen molar-refractivity contribution in [3.8, 4) is 0 Å². The van der Waals surface area contributed by atoms with Gasteiger partial charge in [0.2, 0.25) is 10.0 Å². The molecule has 0 aromatic carbocycles. The summed E-state index contributed by atoms with van der Waals surface area (Å²) in [5.74, 6) is -0.0102. The quantitative estimate of drug-likeness (QED) is 0.528. The van der Waals surface area contributed by atoms with Crippen LogP contribution in [0.25, 0.3) is 0 Å². The highest BCUT2D eigenvalue weighted by Crippen LogP contribution is 1.90. The van der Waals surface area contributed by atoms with Crippen LogP contribution in [-0.2, 0) is 14.8 Å². The van der Waals surface area contributed by atoms with Crippen LogP contribution in [0.4, 0.5) is 0 Å². The van der Waals surface area contributed by atoms with Crippen LogP contribution in [0.15, 0.2) is 0 Å². The molecule has 0 bridgehead atoms. The fourth-order valence-electron chi connectivity index (χ4n) is 0.978. The Bertz CT molecular complexity index is 230. The third-order valence-corrected chi connectivity index (χ3v) is 3.23. The van der Waals surface area contributed by atoms with Crippen molar-refractivity contribution < 1.29 is 13.2 Å². The summed E-state index contributed by atoms with van der Waals surface area (Å²) in [4.78, 5) is 0. The van der Waals surface area contributed by atoms with Gasteiger partial charge in [-0.15, -0.1) is 0 Å². The van der Waals surface area contributed by atoms with Gasteiger partial charge in [0.1, 0.15) is 0 Å². The standard InChI is InChI=1S/C9H22N2O3S/c1-2-3-7-14-8-4-6-11-15(12,13)9-5-10/h11H,2-10H2,1H3. The van der Waals surface area contributed by atoms with Gasteiger partial charge < -0.3 is 10.5 Å². The van der Waals surface area contributed by atoms with Gasteiger partial charge in [-0.3, -0.25) is 0 Å². The molecule has 0 aliphatic heterocycles. The van der Waals surface area contributed by atoms with Gasteiger partial charge in [-0.25, -0.2) is 13.1 Å². The zero-order valence-corrected chi connectivity index (χ0v) is 10.2. The van der Waals surface area contributed by atoms with Crippen LogP contribution in [0.2, 0.25) is 0 Å². The monoisotopic (exact) mass is 238 g/mol. The minimum absolute atomic E-state index is 0.0102. The van der Waals surface area contributed by atoms with Crippen LogP contribution < -0.4 is 10.5 Å². The van der Waals surface area contributed by atoms with Crippen molar-refractivity contribution in [2.45, 2.75) is 26.2 Å². The third-order valence-electron chi connectivity index (χ3n) is 1.82. The van der Waals surface area contributed by atoms with Crippen LogP contribution in [0, 0.1) is 0 Å². The molecule has 0 radical (unpaired) electrons. The van der Waals surface area contributed by atoms with Gasteiger partial charge in [0, 0.05) is 26.3 Å². The summed E-state index contributed by atoms with van der Waals surface area (Å²) in [6.45, 7) is 4.04. The van der Waals surface area contributed by atoms with Crippen molar-refractivity contribution in [2.75, 3.05) is 32.1 Å². The van der Waals surface area contributed by atoms with E-state index in [2.05, 4.69) is 11.6 Å². The second kappa shape index (κ2) is 9.08. The predicted molar refractivity (Wildman–Crippen MR) is 61.2 cm³/mol. The Hall–Kier alpha value is -0.170. The van der Waals surface area contributed by atoms with E-state index in [4.69, 9.17) is 10.5 Å². The Morgan fingerprint density at radius 1 is 1.27 bits per heavy atom. The van der Waals surface area contributed by atoms with Gasteiger partial charge in [0.05, 0.1) is 5.75 Å². The van der Waals surface area contributed by atoms with Crippen LogP contribution in [0.5, 0.6) is 0 Å². The van der Waals surface area contributed by atoms with E-state index < -0.39 is 10.0 Å². The topological polar surface area (TPSA) is 81.4 Å². The molecule has 15 heavy (non-hydrogen) atoms. The summed E-state index contributed by atoms with van der Waals surface area (Å²) >= 11 is 0. The first-order valence-electron chi connectivity index (χ1n) is 5.37. The highest BCUT2D eigenvalue weighted by Gasteiger charge is 2.06. The average molecular weight is 238 g/mol. The van der Waals surface area contributed by atoms with Crippen molar-refractivity contribution in [1.29, 1.82) is 0 Å². The number of hydrogen-bond donors (Lipinski definition) is 2. The van der Waals surface area contributed by atoms with Crippen LogP contribution in [-0.4, -0.2) is 40.5 Å². The summed E-state index contributed by atoms with van der Waals surface area (Å²) in [5, 5.41) is 0. The summed E-state index contributed by atoms with van der Waals surface area (Å²) in [6.07, 6.45) is 2.87. The molecule has 0 amide bonds. The minimum atomic E-state index is -3.16. The lowest BCUT2D eigenvalue weighted by molar-refractivity contribution is 0.130. The van der Waals surface area contributed by atoms with Crippen LogP contribution in [0.1, 0.15) is 26.2 Å². The van der Waals surface area contributed by atoms with Crippen molar-refractivity contribution >= 4 is 10.0 Å². The van der Waals surface area contributed by atoms with Gasteiger partial charge in [-0.2, -0.15) is 0 Å². The van der Waals surface area contributed by atoms with Crippen molar-refractivity contribution in [2.24, 2.45) is 5.73 Å². The maximum atomic E-state index is 11.1. The highest BCUT2D eigenvalue weighted by molar-refractivity contribution is 7.89. The minimum Gasteiger partial charge on any atom is -0.381 e. The first-order valence-corrected chi connectivity index (χ1v) is 7.02. The van der Waals surface area contributed by atoms with Gasteiger partial charge in [-0.05, 0) is 12.8 Å².